The van der Waals surface area contributed by atoms with Crippen LogP contribution in [-0.2, 0) is 23.4 Å². The minimum Gasteiger partial charge on any atom is -0.468 e. The third-order valence-corrected chi connectivity index (χ3v) is 7.18. The van der Waals surface area contributed by atoms with Crippen molar-refractivity contribution in [1.82, 2.24) is 24.6 Å². The number of nitrogens with one attached hydrogen (secondary N) is 1. The van der Waals surface area contributed by atoms with Crippen molar-refractivity contribution in [3.8, 4) is 5.75 Å². The van der Waals surface area contributed by atoms with Gasteiger partial charge in [0.25, 0.3) is 0 Å². The smallest absolute Gasteiger partial charge is 0.459 e. The van der Waals surface area contributed by atoms with Gasteiger partial charge in [0.15, 0.2) is 17.7 Å². The van der Waals surface area contributed by atoms with Crippen LogP contribution in [0.1, 0.15) is 26.5 Å². The quantitative estimate of drug-likeness (QED) is 0.263. The van der Waals surface area contributed by atoms with Crippen LogP contribution in [0.5, 0.6) is 5.75 Å². The standard InChI is InChI=1S/C22H29N6O7P/c1-13(2)17(22(30)32-3)27-36(31,35-14-7-5-4-6-8-14)33-10-15-9-16(29)21(34-15)28-12-26-18-19(23)24-11-25-20(18)28/h4-8,11-13,15-17,21,29H,9-10H2,1-3H3,(H,27,31)(H2,23,24,25)/t15-,16?,17?,21+,36?/m0/s1. The number of nitrogens with zero attached hydrogens (tertiary/aromatic N) is 4. The summed E-state index contributed by atoms with van der Waals surface area (Å²) in [6.07, 6.45) is 0.550. The zero-order chi connectivity index (χ0) is 25.9. The third-order valence-electron chi connectivity index (χ3n) is 5.64. The van der Waals surface area contributed by atoms with E-state index in [1.165, 1.54) is 19.8 Å². The van der Waals surface area contributed by atoms with Crippen LogP contribution in [0.4, 0.5) is 5.82 Å². The largest absolute Gasteiger partial charge is 0.468 e. The van der Waals surface area contributed by atoms with Gasteiger partial charge in [-0.3, -0.25) is 13.9 Å². The van der Waals surface area contributed by atoms with Gasteiger partial charge in [0, 0.05) is 6.42 Å². The number of aliphatic hydroxyl groups is 1. The molecule has 13 nitrogen and oxygen atoms in total. The highest BCUT2D eigenvalue weighted by molar-refractivity contribution is 7.52. The number of nitrogen functional groups attached to an aromatic ring is 1. The number of hydrogen-bond donors (Lipinski definition) is 3. The lowest BCUT2D eigenvalue weighted by atomic mass is 10.1. The van der Waals surface area contributed by atoms with Crippen LogP contribution in [0.15, 0.2) is 43.0 Å². The number of anilines is 1. The van der Waals surface area contributed by atoms with Gasteiger partial charge in [-0.2, -0.15) is 5.09 Å². The van der Waals surface area contributed by atoms with Crippen LogP contribution in [0, 0.1) is 5.92 Å². The minimum atomic E-state index is -4.08. The average molecular weight is 520 g/mol. The molecule has 2 aromatic heterocycles. The van der Waals surface area contributed by atoms with Crippen molar-refractivity contribution in [2.75, 3.05) is 19.5 Å². The summed E-state index contributed by atoms with van der Waals surface area (Å²) in [5.41, 5.74) is 6.64. The highest BCUT2D eigenvalue weighted by Crippen LogP contribution is 2.46. The molecular formula is C22H29N6O7P. The predicted octanol–water partition coefficient (Wildman–Crippen LogP) is 2.05. The van der Waals surface area contributed by atoms with Gasteiger partial charge in [-0.25, -0.2) is 19.5 Å². The number of hydrogen-bond acceptors (Lipinski definition) is 11. The number of esters is 1. The highest BCUT2D eigenvalue weighted by Gasteiger charge is 2.40. The van der Waals surface area contributed by atoms with Crippen molar-refractivity contribution in [3.05, 3.63) is 43.0 Å². The van der Waals surface area contributed by atoms with E-state index in [2.05, 4.69) is 20.0 Å². The number of para-hydroxylation sites is 1. The van der Waals surface area contributed by atoms with E-state index in [0.29, 0.717) is 11.2 Å². The van der Waals surface area contributed by atoms with E-state index in [1.54, 1.807) is 48.7 Å². The summed E-state index contributed by atoms with van der Waals surface area (Å²) in [5.74, 6) is -0.382. The maximum absolute atomic E-state index is 13.8. The van der Waals surface area contributed by atoms with Crippen molar-refractivity contribution in [2.24, 2.45) is 5.92 Å². The monoisotopic (exact) mass is 520 g/mol. The Kier molecular flexibility index (Phi) is 7.86. The Morgan fingerprint density at radius 1 is 1.31 bits per heavy atom. The summed E-state index contributed by atoms with van der Waals surface area (Å²) in [7, 11) is -2.84. The molecule has 1 fully saturated rings. The highest BCUT2D eigenvalue weighted by atomic mass is 31.2. The maximum Gasteiger partial charge on any atom is 0.459 e. The van der Waals surface area contributed by atoms with Gasteiger partial charge in [0.1, 0.15) is 29.7 Å². The van der Waals surface area contributed by atoms with E-state index in [1.807, 2.05) is 0 Å². The molecule has 0 aliphatic carbocycles. The number of carbonyl (C=O) groups is 1. The Morgan fingerprint density at radius 2 is 2.06 bits per heavy atom. The molecule has 5 atom stereocenters. The van der Waals surface area contributed by atoms with Gasteiger partial charge in [-0.1, -0.05) is 32.0 Å². The maximum atomic E-state index is 13.8. The first-order valence-corrected chi connectivity index (χ1v) is 12.9. The number of carbonyl (C=O) groups excluding carboxylic acids is 1. The van der Waals surface area contributed by atoms with Crippen LogP contribution in [0.25, 0.3) is 11.2 Å². The second-order valence-corrected chi connectivity index (χ2v) is 10.3. The first-order valence-electron chi connectivity index (χ1n) is 11.3. The van der Waals surface area contributed by atoms with Crippen LogP contribution in [0.3, 0.4) is 0 Å². The summed E-state index contributed by atoms with van der Waals surface area (Å²) in [4.78, 5) is 24.6. The van der Waals surface area contributed by atoms with Crippen LogP contribution < -0.4 is 15.3 Å². The summed E-state index contributed by atoms with van der Waals surface area (Å²) in [5, 5.41) is 13.4. The number of fused-ring (bicyclic) bond motifs is 1. The molecule has 3 unspecified atom stereocenters. The summed E-state index contributed by atoms with van der Waals surface area (Å²) in [6.45, 7) is 3.35. The molecule has 0 radical (unpaired) electrons. The lowest BCUT2D eigenvalue weighted by molar-refractivity contribution is -0.143. The van der Waals surface area contributed by atoms with Gasteiger partial charge < -0.3 is 24.8 Å². The Hall–Kier alpha value is -3.09. The second-order valence-electron chi connectivity index (χ2n) is 8.61. The number of benzene rings is 1. The summed E-state index contributed by atoms with van der Waals surface area (Å²) in [6, 6.07) is 7.49. The zero-order valence-electron chi connectivity index (χ0n) is 20.1. The van der Waals surface area contributed by atoms with Gasteiger partial charge in [0.05, 0.1) is 26.1 Å². The molecule has 0 spiro atoms. The Bertz CT molecular complexity index is 1240. The summed E-state index contributed by atoms with van der Waals surface area (Å²) < 4.78 is 37.5. The molecule has 1 aromatic carbocycles. The predicted molar refractivity (Wildman–Crippen MR) is 129 cm³/mol. The van der Waals surface area contributed by atoms with Crippen LogP contribution >= 0.6 is 7.75 Å². The van der Waals surface area contributed by atoms with Crippen molar-refractivity contribution in [2.45, 2.75) is 44.7 Å². The van der Waals surface area contributed by atoms with Crippen molar-refractivity contribution in [1.29, 1.82) is 0 Å². The number of nitrogens with two attached hydrogens (primary N) is 1. The molecule has 194 valence electrons. The topological polar surface area (TPSA) is 173 Å². The minimum absolute atomic E-state index is 0.181. The fourth-order valence-electron chi connectivity index (χ4n) is 3.81. The van der Waals surface area contributed by atoms with E-state index >= 15 is 0 Å². The molecular weight excluding hydrogens is 491 g/mol. The lowest BCUT2D eigenvalue weighted by Gasteiger charge is -2.27. The first-order chi connectivity index (χ1) is 17.2. The summed E-state index contributed by atoms with van der Waals surface area (Å²) >= 11 is 0. The Balaban J connectivity index is 1.50. The Labute approximate surface area is 207 Å². The third kappa shape index (κ3) is 5.66. The molecule has 4 rings (SSSR count). The molecule has 1 saturated heterocycles. The molecule has 14 heteroatoms. The molecule has 0 bridgehead atoms. The number of aromatic nitrogens is 4. The van der Waals surface area contributed by atoms with E-state index in [-0.39, 0.29) is 30.5 Å². The van der Waals surface area contributed by atoms with E-state index < -0.39 is 38.2 Å². The van der Waals surface area contributed by atoms with Crippen molar-refractivity contribution >= 4 is 30.7 Å². The molecule has 0 saturated carbocycles. The number of rotatable bonds is 10. The van der Waals surface area contributed by atoms with E-state index in [4.69, 9.17) is 24.3 Å². The van der Waals surface area contributed by atoms with E-state index in [9.17, 15) is 14.5 Å². The molecule has 3 heterocycles. The number of ether oxygens (including phenoxy) is 2. The van der Waals surface area contributed by atoms with Crippen LogP contribution in [-0.4, -0.2) is 62.6 Å². The number of methoxy groups -OCH3 is 1. The lowest BCUT2D eigenvalue weighted by Crippen LogP contribution is -2.41. The molecule has 36 heavy (non-hydrogen) atoms. The second kappa shape index (κ2) is 10.9. The molecule has 4 N–H and O–H groups in total. The number of aliphatic hydroxyl groups excluding tert-OH is 1. The zero-order valence-corrected chi connectivity index (χ0v) is 20.9. The molecule has 1 aliphatic rings. The number of imidazole rings is 1. The van der Waals surface area contributed by atoms with Gasteiger partial charge in [-0.15, -0.1) is 0 Å². The van der Waals surface area contributed by atoms with Crippen molar-refractivity contribution in [3.63, 3.8) is 0 Å². The fraction of sp³-hybridized carbons (Fsp3) is 0.455. The first kappa shape index (κ1) is 26.0. The average Bonchev–Trinajstić information content (AvgIpc) is 3.45. The molecule has 3 aromatic rings. The normalized spacial score (nSPS) is 22.4. The van der Waals surface area contributed by atoms with Crippen LogP contribution in [0.2, 0.25) is 0 Å². The Morgan fingerprint density at radius 3 is 2.75 bits per heavy atom. The van der Waals surface area contributed by atoms with E-state index in [0.717, 1.165) is 0 Å². The SMILES string of the molecule is COC(=O)C(NP(=O)(OC[C@@H]1CC(O)[C@H](n2cnc3c(N)ncnc32)O1)Oc1ccccc1)C(C)C. The molecule has 0 amide bonds. The van der Waals surface area contributed by atoms with Gasteiger partial charge in [0.2, 0.25) is 0 Å². The van der Waals surface area contributed by atoms with Crippen molar-refractivity contribution < 1.29 is 33.0 Å². The van der Waals surface area contributed by atoms with Gasteiger partial charge in [-0.05, 0) is 18.1 Å². The fourth-order valence-corrected chi connectivity index (χ4v) is 5.49. The molecule has 1 aliphatic heterocycles. The van der Waals surface area contributed by atoms with Gasteiger partial charge >= 0.3 is 13.7 Å².